The van der Waals surface area contributed by atoms with Crippen LogP contribution in [0.4, 0.5) is 5.69 Å². The Morgan fingerprint density at radius 3 is 2.68 bits per heavy atom. The summed E-state index contributed by atoms with van der Waals surface area (Å²) in [6.07, 6.45) is 6.40. The minimum atomic E-state index is -0.0622. The zero-order valence-corrected chi connectivity index (χ0v) is 14.5. The Balaban J connectivity index is 1.81. The van der Waals surface area contributed by atoms with Crippen molar-refractivity contribution in [2.45, 2.75) is 51.6 Å². The fourth-order valence-corrected chi connectivity index (χ4v) is 3.30. The fourth-order valence-electron chi connectivity index (χ4n) is 3.30. The zero-order chi connectivity index (χ0) is 17.6. The molecule has 0 radical (unpaired) electrons. The van der Waals surface area contributed by atoms with Gasteiger partial charge in [0.1, 0.15) is 5.76 Å². The Morgan fingerprint density at radius 1 is 1.20 bits per heavy atom. The molecule has 5 nitrogen and oxygen atoms in total. The summed E-state index contributed by atoms with van der Waals surface area (Å²) in [5.74, 6) is 0.708. The molecular weight excluding hydrogens is 316 g/mol. The molecule has 1 aromatic carbocycles. The van der Waals surface area contributed by atoms with Gasteiger partial charge in [-0.05, 0) is 43.2 Å². The highest BCUT2D eigenvalue weighted by molar-refractivity contribution is 5.97. The van der Waals surface area contributed by atoms with Crippen LogP contribution in [-0.4, -0.2) is 22.8 Å². The molecule has 5 heteroatoms. The summed E-state index contributed by atoms with van der Waals surface area (Å²) >= 11 is 0. The van der Waals surface area contributed by atoms with Crippen molar-refractivity contribution in [3.8, 4) is 0 Å². The lowest BCUT2D eigenvalue weighted by Gasteiger charge is -2.28. The average Bonchev–Trinajstić information content (AvgIpc) is 3.33. The number of hydrogen-bond acceptors (Lipinski definition) is 3. The Morgan fingerprint density at radius 2 is 2.00 bits per heavy atom. The molecule has 1 N–H and O–H groups in total. The first-order valence-corrected chi connectivity index (χ1v) is 8.90. The molecule has 0 atom stereocenters. The molecule has 3 rings (SSSR count). The van der Waals surface area contributed by atoms with Crippen LogP contribution in [-0.2, 0) is 11.3 Å². The van der Waals surface area contributed by atoms with Crippen molar-refractivity contribution >= 4 is 17.5 Å². The van der Waals surface area contributed by atoms with Crippen LogP contribution in [0.5, 0.6) is 0 Å². The number of furan rings is 1. The van der Waals surface area contributed by atoms with E-state index in [2.05, 4.69) is 5.32 Å². The maximum absolute atomic E-state index is 13.1. The van der Waals surface area contributed by atoms with Crippen molar-refractivity contribution < 1.29 is 14.0 Å². The Bertz CT molecular complexity index is 718. The standard InChI is InChI=1S/C20H24N2O3/c1-2-19(23)21-16-8-5-7-15(13-16)20(24)22(17-9-3-4-10-17)14-18-11-6-12-25-18/h5-8,11-13,17H,2-4,9-10,14H2,1H3,(H,21,23). The summed E-state index contributed by atoms with van der Waals surface area (Å²) in [6.45, 7) is 2.28. The van der Waals surface area contributed by atoms with E-state index < -0.39 is 0 Å². The summed E-state index contributed by atoms with van der Waals surface area (Å²) in [5.41, 5.74) is 1.24. The SMILES string of the molecule is CCC(=O)Nc1cccc(C(=O)N(Cc2ccco2)C2CCCC2)c1. The quantitative estimate of drug-likeness (QED) is 0.856. The second-order valence-electron chi connectivity index (χ2n) is 6.43. The van der Waals surface area contributed by atoms with Crippen molar-refractivity contribution in [1.29, 1.82) is 0 Å². The molecule has 0 saturated heterocycles. The number of rotatable bonds is 6. The van der Waals surface area contributed by atoms with Gasteiger partial charge in [-0.3, -0.25) is 9.59 Å². The van der Waals surface area contributed by atoms with Gasteiger partial charge >= 0.3 is 0 Å². The first kappa shape index (κ1) is 17.3. The molecule has 0 spiro atoms. The molecule has 2 amide bonds. The lowest BCUT2D eigenvalue weighted by molar-refractivity contribution is -0.115. The number of nitrogens with one attached hydrogen (secondary N) is 1. The van der Waals surface area contributed by atoms with Gasteiger partial charge in [-0.2, -0.15) is 0 Å². The van der Waals surface area contributed by atoms with Crippen molar-refractivity contribution in [3.63, 3.8) is 0 Å². The van der Waals surface area contributed by atoms with Crippen LogP contribution in [0.1, 0.15) is 55.1 Å². The van der Waals surface area contributed by atoms with E-state index in [1.165, 1.54) is 0 Å². The first-order valence-electron chi connectivity index (χ1n) is 8.90. The lowest BCUT2D eigenvalue weighted by atomic mass is 10.1. The van der Waals surface area contributed by atoms with Crippen LogP contribution in [0, 0.1) is 0 Å². The van der Waals surface area contributed by atoms with E-state index in [9.17, 15) is 9.59 Å². The minimum absolute atomic E-state index is 0.0177. The summed E-state index contributed by atoms with van der Waals surface area (Å²) in [5, 5.41) is 2.81. The molecule has 1 saturated carbocycles. The Kier molecular flexibility index (Phi) is 5.53. The molecule has 0 aliphatic heterocycles. The molecule has 1 fully saturated rings. The molecule has 1 heterocycles. The van der Waals surface area contributed by atoms with E-state index in [1.54, 1.807) is 37.5 Å². The van der Waals surface area contributed by atoms with Crippen LogP contribution in [0.2, 0.25) is 0 Å². The van der Waals surface area contributed by atoms with E-state index >= 15 is 0 Å². The van der Waals surface area contributed by atoms with Crippen LogP contribution in [0.25, 0.3) is 0 Å². The van der Waals surface area contributed by atoms with Gasteiger partial charge < -0.3 is 14.6 Å². The van der Waals surface area contributed by atoms with Crippen molar-refractivity contribution in [2.75, 3.05) is 5.32 Å². The highest BCUT2D eigenvalue weighted by atomic mass is 16.3. The molecule has 25 heavy (non-hydrogen) atoms. The van der Waals surface area contributed by atoms with Crippen LogP contribution in [0.3, 0.4) is 0 Å². The second kappa shape index (κ2) is 8.01. The van der Waals surface area contributed by atoms with Gasteiger partial charge in [0.2, 0.25) is 5.91 Å². The summed E-state index contributed by atoms with van der Waals surface area (Å²) < 4.78 is 5.45. The predicted octanol–water partition coefficient (Wildman–Crippen LogP) is 4.21. The highest BCUT2D eigenvalue weighted by Crippen LogP contribution is 2.27. The van der Waals surface area contributed by atoms with Gasteiger partial charge in [-0.1, -0.05) is 25.8 Å². The van der Waals surface area contributed by atoms with Gasteiger partial charge in [0.05, 0.1) is 12.8 Å². The van der Waals surface area contributed by atoms with Gasteiger partial charge in [0, 0.05) is 23.7 Å². The number of amides is 2. The fraction of sp³-hybridized carbons (Fsp3) is 0.400. The second-order valence-corrected chi connectivity index (χ2v) is 6.43. The summed E-state index contributed by atoms with van der Waals surface area (Å²) in [4.78, 5) is 26.6. The summed E-state index contributed by atoms with van der Waals surface area (Å²) in [6, 6.07) is 11.1. The van der Waals surface area contributed by atoms with Crippen molar-refractivity contribution in [1.82, 2.24) is 4.90 Å². The Labute approximate surface area is 148 Å². The molecule has 1 aliphatic carbocycles. The predicted molar refractivity (Wildman–Crippen MR) is 96.2 cm³/mol. The van der Waals surface area contributed by atoms with E-state index in [4.69, 9.17) is 4.42 Å². The number of nitrogens with zero attached hydrogens (tertiary/aromatic N) is 1. The lowest BCUT2D eigenvalue weighted by Crippen LogP contribution is -2.38. The number of carbonyl (C=O) groups excluding carboxylic acids is 2. The smallest absolute Gasteiger partial charge is 0.254 e. The maximum atomic E-state index is 13.1. The maximum Gasteiger partial charge on any atom is 0.254 e. The molecule has 132 valence electrons. The monoisotopic (exact) mass is 340 g/mol. The number of anilines is 1. The topological polar surface area (TPSA) is 62.6 Å². The minimum Gasteiger partial charge on any atom is -0.467 e. The van der Waals surface area contributed by atoms with Crippen molar-refractivity contribution in [3.05, 3.63) is 54.0 Å². The van der Waals surface area contributed by atoms with Gasteiger partial charge in [-0.15, -0.1) is 0 Å². The molecular formula is C20H24N2O3. The number of carbonyl (C=O) groups is 2. The molecule has 1 aliphatic rings. The third kappa shape index (κ3) is 4.29. The number of benzene rings is 1. The summed E-state index contributed by atoms with van der Waals surface area (Å²) in [7, 11) is 0. The molecule has 1 aromatic heterocycles. The van der Waals surface area contributed by atoms with Crippen LogP contribution in [0.15, 0.2) is 47.1 Å². The van der Waals surface area contributed by atoms with Gasteiger partial charge in [-0.25, -0.2) is 0 Å². The molecule has 2 aromatic rings. The van der Waals surface area contributed by atoms with Crippen molar-refractivity contribution in [2.24, 2.45) is 0 Å². The normalized spacial score (nSPS) is 14.4. The molecule has 0 unspecified atom stereocenters. The third-order valence-electron chi connectivity index (χ3n) is 4.65. The van der Waals surface area contributed by atoms with Gasteiger partial charge in [0.25, 0.3) is 5.91 Å². The first-order chi connectivity index (χ1) is 12.2. The third-order valence-corrected chi connectivity index (χ3v) is 4.65. The van der Waals surface area contributed by atoms with E-state index in [0.29, 0.717) is 24.2 Å². The van der Waals surface area contributed by atoms with E-state index in [1.807, 2.05) is 17.0 Å². The zero-order valence-electron chi connectivity index (χ0n) is 14.5. The largest absolute Gasteiger partial charge is 0.467 e. The van der Waals surface area contributed by atoms with Crippen LogP contribution < -0.4 is 5.32 Å². The highest BCUT2D eigenvalue weighted by Gasteiger charge is 2.28. The number of hydrogen-bond donors (Lipinski definition) is 1. The Hall–Kier alpha value is -2.56. The van der Waals surface area contributed by atoms with E-state index in [0.717, 1.165) is 31.4 Å². The van der Waals surface area contributed by atoms with E-state index in [-0.39, 0.29) is 17.9 Å². The average molecular weight is 340 g/mol. The van der Waals surface area contributed by atoms with Crippen LogP contribution >= 0.6 is 0 Å². The van der Waals surface area contributed by atoms with Gasteiger partial charge in [0.15, 0.2) is 0 Å². The molecule has 0 bridgehead atoms.